The van der Waals surface area contributed by atoms with Gasteiger partial charge < -0.3 is 14.3 Å². The largest absolute Gasteiger partial charge is 0.345 e. The smallest absolute Gasteiger partial charge is 0.228 e. The van der Waals surface area contributed by atoms with Crippen LogP contribution in [-0.2, 0) is 16.0 Å². The van der Waals surface area contributed by atoms with Gasteiger partial charge in [0.2, 0.25) is 23.5 Å². The molecule has 2 unspecified atom stereocenters. The highest BCUT2D eigenvalue weighted by Gasteiger charge is 2.36. The summed E-state index contributed by atoms with van der Waals surface area (Å²) in [6.07, 6.45) is 3.01. The number of hydrogen-bond donors (Lipinski definition) is 0. The first-order valence-corrected chi connectivity index (χ1v) is 9.92. The average molecular weight is 382 g/mol. The van der Waals surface area contributed by atoms with E-state index in [2.05, 4.69) is 10.1 Å². The molecule has 3 heterocycles. The minimum atomic E-state index is -0.202. The number of likely N-dealkylation sites (tertiary alicyclic amines) is 2. The maximum atomic E-state index is 12.8. The van der Waals surface area contributed by atoms with Gasteiger partial charge in [0.25, 0.3) is 0 Å². The number of piperidine rings is 1. The van der Waals surface area contributed by atoms with Crippen molar-refractivity contribution in [3.63, 3.8) is 0 Å². The van der Waals surface area contributed by atoms with Crippen LogP contribution in [-0.4, -0.2) is 58.4 Å². The van der Waals surface area contributed by atoms with Crippen molar-refractivity contribution in [1.82, 2.24) is 19.9 Å². The predicted octanol–water partition coefficient (Wildman–Crippen LogP) is 2.30. The van der Waals surface area contributed by atoms with E-state index in [-0.39, 0.29) is 17.7 Å². The van der Waals surface area contributed by atoms with Crippen molar-refractivity contribution >= 4 is 11.8 Å². The van der Waals surface area contributed by atoms with E-state index in [1.807, 2.05) is 36.1 Å². The lowest BCUT2D eigenvalue weighted by atomic mass is 9.93. The Morgan fingerprint density at radius 1 is 1.29 bits per heavy atom. The number of nitrogens with zero attached hydrogens (tertiary/aromatic N) is 4. The number of hydrogen-bond acceptors (Lipinski definition) is 5. The van der Waals surface area contributed by atoms with Gasteiger partial charge in [-0.1, -0.05) is 29.4 Å². The van der Waals surface area contributed by atoms with Gasteiger partial charge in [-0.25, -0.2) is 0 Å². The summed E-state index contributed by atoms with van der Waals surface area (Å²) in [5.74, 6) is 1.50. The minimum absolute atomic E-state index is 0.0569. The van der Waals surface area contributed by atoms with Gasteiger partial charge in [-0.3, -0.25) is 9.59 Å². The molecule has 2 aliphatic rings. The van der Waals surface area contributed by atoms with Crippen LogP contribution in [0.25, 0.3) is 11.4 Å². The number of aryl methyl sites for hydroxylation is 1. The summed E-state index contributed by atoms with van der Waals surface area (Å²) in [4.78, 5) is 32.7. The molecule has 2 amide bonds. The van der Waals surface area contributed by atoms with Crippen molar-refractivity contribution in [3.05, 3.63) is 35.7 Å². The molecular weight excluding hydrogens is 356 g/mol. The van der Waals surface area contributed by atoms with Crippen LogP contribution in [0.4, 0.5) is 0 Å². The molecule has 2 aliphatic heterocycles. The van der Waals surface area contributed by atoms with E-state index < -0.39 is 0 Å². The molecule has 0 bridgehead atoms. The highest BCUT2D eigenvalue weighted by molar-refractivity contribution is 5.89. The molecule has 7 nitrogen and oxygen atoms in total. The Bertz CT molecular complexity index is 878. The highest BCUT2D eigenvalue weighted by atomic mass is 16.5. The van der Waals surface area contributed by atoms with E-state index in [0.717, 1.165) is 30.5 Å². The summed E-state index contributed by atoms with van der Waals surface area (Å²) in [7, 11) is 1.76. The molecule has 2 atom stereocenters. The van der Waals surface area contributed by atoms with Crippen LogP contribution < -0.4 is 0 Å². The third kappa shape index (κ3) is 3.79. The Hall–Kier alpha value is -2.70. The van der Waals surface area contributed by atoms with E-state index in [1.54, 1.807) is 11.9 Å². The summed E-state index contributed by atoms with van der Waals surface area (Å²) in [6, 6.07) is 7.98. The molecule has 2 saturated heterocycles. The highest BCUT2D eigenvalue weighted by Crippen LogP contribution is 2.26. The van der Waals surface area contributed by atoms with E-state index in [1.165, 1.54) is 0 Å². The molecule has 0 N–H and O–H groups in total. The van der Waals surface area contributed by atoms with Crippen molar-refractivity contribution in [3.8, 4) is 11.4 Å². The second kappa shape index (κ2) is 7.73. The fraction of sp³-hybridized carbons (Fsp3) is 0.524. The molecule has 0 spiro atoms. The van der Waals surface area contributed by atoms with Crippen molar-refractivity contribution in [2.45, 2.75) is 32.6 Å². The zero-order chi connectivity index (χ0) is 19.7. The number of carbonyl (C=O) groups is 2. The molecule has 2 aromatic rings. The molecule has 1 aromatic carbocycles. The Kier molecular flexibility index (Phi) is 5.15. The lowest BCUT2D eigenvalue weighted by Crippen LogP contribution is -2.44. The Labute approximate surface area is 164 Å². The number of aromatic nitrogens is 2. The summed E-state index contributed by atoms with van der Waals surface area (Å²) in [5, 5.41) is 4.14. The lowest BCUT2D eigenvalue weighted by Gasteiger charge is -2.33. The number of rotatable bonds is 4. The van der Waals surface area contributed by atoms with Crippen LogP contribution in [0.15, 0.2) is 28.8 Å². The fourth-order valence-corrected chi connectivity index (χ4v) is 4.24. The monoisotopic (exact) mass is 382 g/mol. The molecule has 148 valence electrons. The Morgan fingerprint density at radius 2 is 2.11 bits per heavy atom. The Balaban J connectivity index is 1.39. The SMILES string of the molecule is Cc1ccccc1-c1noc(CC2CCCN(C(=O)C3CC(=O)N(C)C3)C2)n1. The van der Waals surface area contributed by atoms with E-state index in [0.29, 0.717) is 43.6 Å². The van der Waals surface area contributed by atoms with Gasteiger partial charge in [-0.2, -0.15) is 4.98 Å². The van der Waals surface area contributed by atoms with Crippen molar-refractivity contribution < 1.29 is 14.1 Å². The molecule has 1 aromatic heterocycles. The first-order chi connectivity index (χ1) is 13.5. The summed E-state index contributed by atoms with van der Waals surface area (Å²) >= 11 is 0. The van der Waals surface area contributed by atoms with Crippen molar-refractivity contribution in [1.29, 1.82) is 0 Å². The summed E-state index contributed by atoms with van der Waals surface area (Å²) in [5.41, 5.74) is 2.09. The number of benzene rings is 1. The Morgan fingerprint density at radius 3 is 2.86 bits per heavy atom. The third-order valence-corrected chi connectivity index (χ3v) is 5.84. The number of amides is 2. The molecule has 28 heavy (non-hydrogen) atoms. The standard InChI is InChI=1S/C21H26N4O3/c1-14-6-3-4-8-17(14)20-22-18(28-23-20)10-15-7-5-9-25(12-15)21(27)16-11-19(26)24(2)13-16/h3-4,6,8,15-16H,5,7,9-13H2,1-2H3. The lowest BCUT2D eigenvalue weighted by molar-refractivity contribution is -0.137. The van der Waals surface area contributed by atoms with E-state index >= 15 is 0 Å². The average Bonchev–Trinajstić information content (AvgIpc) is 3.28. The van der Waals surface area contributed by atoms with Crippen LogP contribution in [0, 0.1) is 18.8 Å². The predicted molar refractivity (Wildman–Crippen MR) is 103 cm³/mol. The molecule has 0 aliphatic carbocycles. The van der Waals surface area contributed by atoms with Crippen LogP contribution in [0.5, 0.6) is 0 Å². The summed E-state index contributed by atoms with van der Waals surface area (Å²) in [6.45, 7) is 4.01. The fourth-order valence-electron chi connectivity index (χ4n) is 4.24. The van der Waals surface area contributed by atoms with Gasteiger partial charge in [-0.05, 0) is 31.2 Å². The van der Waals surface area contributed by atoms with Crippen molar-refractivity contribution in [2.24, 2.45) is 11.8 Å². The first-order valence-electron chi connectivity index (χ1n) is 9.92. The molecule has 0 radical (unpaired) electrons. The quantitative estimate of drug-likeness (QED) is 0.811. The molecular formula is C21H26N4O3. The molecule has 7 heteroatoms. The van der Waals surface area contributed by atoms with Gasteiger partial charge in [0.1, 0.15) is 0 Å². The van der Waals surface area contributed by atoms with Gasteiger partial charge in [0.15, 0.2) is 0 Å². The van der Waals surface area contributed by atoms with Crippen LogP contribution >= 0.6 is 0 Å². The zero-order valence-electron chi connectivity index (χ0n) is 16.4. The van der Waals surface area contributed by atoms with Crippen LogP contribution in [0.2, 0.25) is 0 Å². The van der Waals surface area contributed by atoms with E-state index in [4.69, 9.17) is 4.52 Å². The van der Waals surface area contributed by atoms with Gasteiger partial charge >= 0.3 is 0 Å². The van der Waals surface area contributed by atoms with Gasteiger partial charge in [0, 0.05) is 45.1 Å². The third-order valence-electron chi connectivity index (χ3n) is 5.84. The topological polar surface area (TPSA) is 79.5 Å². The van der Waals surface area contributed by atoms with Crippen LogP contribution in [0.3, 0.4) is 0 Å². The summed E-state index contributed by atoms with van der Waals surface area (Å²) < 4.78 is 5.48. The molecule has 2 fully saturated rings. The maximum Gasteiger partial charge on any atom is 0.228 e. The minimum Gasteiger partial charge on any atom is -0.345 e. The molecule has 4 rings (SSSR count). The maximum absolute atomic E-state index is 12.8. The van der Waals surface area contributed by atoms with E-state index in [9.17, 15) is 9.59 Å². The van der Waals surface area contributed by atoms with Crippen molar-refractivity contribution in [2.75, 3.05) is 26.7 Å². The first kappa shape index (κ1) is 18.7. The van der Waals surface area contributed by atoms with Crippen LogP contribution in [0.1, 0.15) is 30.7 Å². The van der Waals surface area contributed by atoms with Gasteiger partial charge in [0.05, 0.1) is 5.92 Å². The molecule has 0 saturated carbocycles. The van der Waals surface area contributed by atoms with Gasteiger partial charge in [-0.15, -0.1) is 0 Å². The second-order valence-electron chi connectivity index (χ2n) is 8.00. The zero-order valence-corrected chi connectivity index (χ0v) is 16.4. The second-order valence-corrected chi connectivity index (χ2v) is 8.00. The number of carbonyl (C=O) groups excluding carboxylic acids is 2. The normalized spacial score (nSPS) is 22.7.